The Morgan fingerprint density at radius 2 is 1.39 bits per heavy atom. The van der Waals surface area contributed by atoms with E-state index in [-0.39, 0.29) is 0 Å². The van der Waals surface area contributed by atoms with Crippen LogP contribution in [0.1, 0.15) is 36.5 Å². The number of amides is 1. The van der Waals surface area contributed by atoms with Crippen LogP contribution < -0.4 is 9.46 Å². The number of ether oxygens (including phenoxy) is 2. The lowest BCUT2D eigenvalue weighted by molar-refractivity contribution is 0.179. The van der Waals surface area contributed by atoms with Gasteiger partial charge in [-0.15, -0.1) is 0 Å². The van der Waals surface area contributed by atoms with Gasteiger partial charge in [0.05, 0.1) is 7.11 Å². The first-order chi connectivity index (χ1) is 16.1. The first kappa shape index (κ1) is 22.7. The molecule has 4 rings (SSSR count). The van der Waals surface area contributed by atoms with E-state index in [0.29, 0.717) is 5.76 Å². The molecule has 0 unspecified atom stereocenters. The van der Waals surface area contributed by atoms with Gasteiger partial charge in [-0.25, -0.2) is 4.79 Å². The lowest BCUT2D eigenvalue weighted by Gasteiger charge is -2.34. The Labute approximate surface area is 199 Å². The molecule has 3 aromatic rings. The molecule has 0 saturated heterocycles. The maximum Gasteiger partial charge on any atom is 0.422 e. The number of allylic oxidation sites excluding steroid dienone is 4. The normalized spacial score (nSPS) is 13.5. The highest BCUT2D eigenvalue weighted by Gasteiger charge is 2.38. The van der Waals surface area contributed by atoms with Crippen molar-refractivity contribution in [2.45, 2.75) is 24.5 Å². The Balaban J connectivity index is 1.72. The Morgan fingerprint density at radius 1 is 0.818 bits per heavy atom. The second kappa shape index (κ2) is 10.5. The van der Waals surface area contributed by atoms with Gasteiger partial charge in [-0.1, -0.05) is 84.4 Å². The van der Waals surface area contributed by atoms with Crippen LogP contribution in [0.3, 0.4) is 0 Å². The molecule has 0 atom stereocenters. The van der Waals surface area contributed by atoms with Gasteiger partial charge in [-0.3, -0.25) is 4.72 Å². The van der Waals surface area contributed by atoms with Crippen LogP contribution in [0.2, 0.25) is 0 Å². The Morgan fingerprint density at radius 3 is 1.91 bits per heavy atom. The minimum Gasteiger partial charge on any atom is -0.497 e. The molecule has 0 spiro atoms. The molecule has 0 aliphatic heterocycles. The van der Waals surface area contributed by atoms with E-state index in [2.05, 4.69) is 35.9 Å². The molecule has 5 heteroatoms. The van der Waals surface area contributed by atoms with Crippen LogP contribution in [-0.4, -0.2) is 13.2 Å². The third-order valence-corrected chi connectivity index (χ3v) is 6.97. The Hall–Kier alpha value is -3.44. The van der Waals surface area contributed by atoms with Crippen molar-refractivity contribution in [1.29, 1.82) is 0 Å². The largest absolute Gasteiger partial charge is 0.497 e. The third kappa shape index (κ3) is 5.15. The summed E-state index contributed by atoms with van der Waals surface area (Å²) in [5, 5.41) is 0. The number of carbonyl (C=O) groups is 1. The molecule has 0 radical (unpaired) electrons. The predicted octanol–water partition coefficient (Wildman–Crippen LogP) is 6.99. The molecule has 0 heterocycles. The van der Waals surface area contributed by atoms with Crippen molar-refractivity contribution < 1.29 is 14.3 Å². The summed E-state index contributed by atoms with van der Waals surface area (Å²) in [5.41, 5.74) is 4.38. The van der Waals surface area contributed by atoms with Crippen molar-refractivity contribution in [2.75, 3.05) is 7.11 Å². The average Bonchev–Trinajstić information content (AvgIpc) is 2.87. The zero-order valence-corrected chi connectivity index (χ0v) is 19.6. The van der Waals surface area contributed by atoms with Gasteiger partial charge in [-0.2, -0.15) is 0 Å². The highest BCUT2D eigenvalue weighted by Crippen LogP contribution is 2.47. The van der Waals surface area contributed by atoms with Crippen LogP contribution in [0, 0.1) is 0 Å². The van der Waals surface area contributed by atoms with Gasteiger partial charge in [0.25, 0.3) is 0 Å². The first-order valence-corrected chi connectivity index (χ1v) is 11.7. The molecular formula is C28H27NO3S. The van der Waals surface area contributed by atoms with E-state index in [4.69, 9.17) is 9.47 Å². The molecule has 33 heavy (non-hydrogen) atoms. The standard InChI is InChI=1S/C28H27NO3S/c1-21-13-17-26(18-14-21)32-27(30)29-33-28(22-9-5-3-6-10-22,23-11-7-4-8-12-23)24-15-19-25(31-2)20-16-24/h3-13,15-17,19-20H,14,18H2,1-2H3,(H,29,30). The molecule has 0 fully saturated rings. The van der Waals surface area contributed by atoms with Crippen LogP contribution in [0.15, 0.2) is 108 Å². The van der Waals surface area contributed by atoms with Crippen LogP contribution in [0.5, 0.6) is 5.75 Å². The molecule has 0 saturated carbocycles. The lowest BCUT2D eigenvalue weighted by atomic mass is 9.84. The summed E-state index contributed by atoms with van der Waals surface area (Å²) in [5.74, 6) is 1.45. The molecule has 0 bridgehead atoms. The minimum absolute atomic E-state index is 0.482. The molecule has 4 nitrogen and oxygen atoms in total. The number of nitrogens with one attached hydrogen (secondary N) is 1. The fourth-order valence-corrected chi connectivity index (χ4v) is 4.95. The zero-order valence-electron chi connectivity index (χ0n) is 18.8. The third-order valence-electron chi connectivity index (χ3n) is 5.69. The van der Waals surface area contributed by atoms with Crippen molar-refractivity contribution in [3.8, 4) is 5.75 Å². The fourth-order valence-electron chi connectivity index (χ4n) is 3.91. The average molecular weight is 458 g/mol. The quantitative estimate of drug-likeness (QED) is 0.307. The van der Waals surface area contributed by atoms with Crippen molar-refractivity contribution >= 4 is 18.0 Å². The van der Waals surface area contributed by atoms with E-state index in [1.54, 1.807) is 7.11 Å². The van der Waals surface area contributed by atoms with Gasteiger partial charge < -0.3 is 9.47 Å². The minimum atomic E-state index is -0.689. The maximum atomic E-state index is 12.8. The van der Waals surface area contributed by atoms with Crippen LogP contribution in [0.25, 0.3) is 0 Å². The van der Waals surface area contributed by atoms with E-state index < -0.39 is 10.8 Å². The van der Waals surface area contributed by atoms with E-state index in [1.807, 2.05) is 72.8 Å². The number of benzene rings is 3. The summed E-state index contributed by atoms with van der Waals surface area (Å²) in [6.07, 6.45) is 5.00. The summed E-state index contributed by atoms with van der Waals surface area (Å²) in [6, 6.07) is 28.3. The van der Waals surface area contributed by atoms with E-state index in [0.717, 1.165) is 35.3 Å². The van der Waals surface area contributed by atoms with Crippen LogP contribution in [0.4, 0.5) is 4.79 Å². The van der Waals surface area contributed by atoms with Gasteiger partial charge >= 0.3 is 6.09 Å². The summed E-state index contributed by atoms with van der Waals surface area (Å²) >= 11 is 1.33. The summed E-state index contributed by atoms with van der Waals surface area (Å²) in [6.45, 7) is 2.08. The molecule has 1 amide bonds. The SMILES string of the molecule is COc1ccc(C(SNC(=O)OC2=CC=C(C)CC2)(c2ccccc2)c2ccccc2)cc1. The number of hydrogen-bond acceptors (Lipinski definition) is 4. The molecule has 168 valence electrons. The van der Waals surface area contributed by atoms with E-state index in [1.165, 1.54) is 17.5 Å². The number of carbonyl (C=O) groups excluding carboxylic acids is 1. The second-order valence-corrected chi connectivity index (χ2v) is 8.90. The van der Waals surface area contributed by atoms with Gasteiger partial charge in [0, 0.05) is 6.42 Å². The van der Waals surface area contributed by atoms with Crippen LogP contribution in [-0.2, 0) is 9.48 Å². The molecule has 3 aromatic carbocycles. The molecule has 1 N–H and O–H groups in total. The Bertz CT molecular complexity index is 1100. The van der Waals surface area contributed by atoms with E-state index >= 15 is 0 Å². The maximum absolute atomic E-state index is 12.8. The summed E-state index contributed by atoms with van der Waals surface area (Å²) in [4.78, 5) is 12.8. The van der Waals surface area contributed by atoms with Gasteiger partial charge in [0.1, 0.15) is 16.3 Å². The van der Waals surface area contributed by atoms with Crippen molar-refractivity contribution in [1.82, 2.24) is 4.72 Å². The molecule has 1 aliphatic rings. The summed E-state index contributed by atoms with van der Waals surface area (Å²) < 4.78 is 13.3. The number of hydrogen-bond donors (Lipinski definition) is 1. The molecule has 1 aliphatic carbocycles. The molecular weight excluding hydrogens is 430 g/mol. The second-order valence-electron chi connectivity index (χ2n) is 7.88. The smallest absolute Gasteiger partial charge is 0.422 e. The van der Waals surface area contributed by atoms with Gasteiger partial charge in [-0.05, 0) is 60.2 Å². The van der Waals surface area contributed by atoms with Crippen LogP contribution >= 0.6 is 11.9 Å². The Kier molecular flexibility index (Phi) is 7.20. The monoisotopic (exact) mass is 457 g/mol. The number of rotatable bonds is 7. The van der Waals surface area contributed by atoms with Crippen molar-refractivity contribution in [2.24, 2.45) is 0 Å². The van der Waals surface area contributed by atoms with Gasteiger partial charge in [0.15, 0.2) is 0 Å². The van der Waals surface area contributed by atoms with E-state index in [9.17, 15) is 4.79 Å². The number of methoxy groups -OCH3 is 1. The predicted molar refractivity (Wildman–Crippen MR) is 134 cm³/mol. The molecule has 0 aromatic heterocycles. The summed E-state index contributed by atoms with van der Waals surface area (Å²) in [7, 11) is 1.65. The topological polar surface area (TPSA) is 47.6 Å². The highest BCUT2D eigenvalue weighted by molar-refractivity contribution is 7.99. The fraction of sp³-hybridized carbons (Fsp3) is 0.179. The first-order valence-electron chi connectivity index (χ1n) is 10.9. The van der Waals surface area contributed by atoms with Gasteiger partial charge in [0.2, 0.25) is 0 Å². The lowest BCUT2D eigenvalue weighted by Crippen LogP contribution is -2.32. The van der Waals surface area contributed by atoms with Crippen molar-refractivity contribution in [3.05, 3.63) is 125 Å². The highest BCUT2D eigenvalue weighted by atomic mass is 32.2. The zero-order chi connectivity index (χ0) is 23.1. The van der Waals surface area contributed by atoms with Crippen molar-refractivity contribution in [3.63, 3.8) is 0 Å².